The first-order chi connectivity index (χ1) is 17.3. The molecule has 36 heavy (non-hydrogen) atoms. The van der Waals surface area contributed by atoms with Crippen LogP contribution < -0.4 is 5.32 Å². The largest absolute Gasteiger partial charge is 0.481 e. The number of carbonyl (C=O) groups is 3. The molecule has 1 amide bonds. The van der Waals surface area contributed by atoms with E-state index in [1.807, 2.05) is 24.3 Å². The molecule has 9 heteroatoms. The lowest BCUT2D eigenvalue weighted by molar-refractivity contribution is -0.164. The van der Waals surface area contributed by atoms with Crippen molar-refractivity contribution in [2.75, 3.05) is 20.3 Å². The van der Waals surface area contributed by atoms with E-state index in [2.05, 4.69) is 10.3 Å². The minimum atomic E-state index is -1.43. The number of amides is 1. The summed E-state index contributed by atoms with van der Waals surface area (Å²) in [5, 5.41) is 14.3. The molecule has 3 N–H and O–H groups in total. The van der Waals surface area contributed by atoms with Crippen molar-refractivity contribution >= 4 is 40.3 Å². The van der Waals surface area contributed by atoms with Gasteiger partial charge in [-0.2, -0.15) is 0 Å². The molecule has 2 aromatic carbocycles. The van der Waals surface area contributed by atoms with E-state index < -0.39 is 35.7 Å². The zero-order valence-electron chi connectivity index (χ0n) is 20.2. The average Bonchev–Trinajstić information content (AvgIpc) is 3.42. The maximum absolute atomic E-state index is 13.5. The Morgan fingerprint density at radius 3 is 2.69 bits per heavy atom. The van der Waals surface area contributed by atoms with Crippen molar-refractivity contribution in [2.24, 2.45) is 5.41 Å². The fourth-order valence-corrected chi connectivity index (χ4v) is 5.55. The van der Waals surface area contributed by atoms with Crippen LogP contribution in [-0.4, -0.2) is 54.3 Å². The topological polar surface area (TPSA) is 118 Å². The van der Waals surface area contributed by atoms with Gasteiger partial charge in [-0.25, -0.2) is 0 Å². The number of methoxy groups -OCH3 is 1. The highest BCUT2D eigenvalue weighted by molar-refractivity contribution is 6.31. The van der Waals surface area contributed by atoms with Gasteiger partial charge in [0, 0.05) is 41.6 Å². The summed E-state index contributed by atoms with van der Waals surface area (Å²) in [6, 6.07) is 14.0. The summed E-state index contributed by atoms with van der Waals surface area (Å²) >= 11 is 6.09. The molecule has 0 bridgehead atoms. The number of carbonyl (C=O) groups excluding carboxylic acids is 2. The average molecular weight is 513 g/mol. The Bertz CT molecular complexity index is 1290. The van der Waals surface area contributed by atoms with Crippen molar-refractivity contribution in [1.29, 1.82) is 0 Å². The fourth-order valence-electron chi connectivity index (χ4n) is 5.37. The van der Waals surface area contributed by atoms with Crippen molar-refractivity contribution in [3.63, 3.8) is 0 Å². The van der Waals surface area contributed by atoms with Gasteiger partial charge in [0.25, 0.3) is 5.91 Å². The molecule has 0 saturated heterocycles. The number of carboxylic acids is 1. The number of ether oxygens (including phenoxy) is 2. The van der Waals surface area contributed by atoms with Gasteiger partial charge in [-0.15, -0.1) is 0 Å². The third kappa shape index (κ3) is 4.96. The second-order valence-electron chi connectivity index (χ2n) is 9.07. The third-order valence-electron chi connectivity index (χ3n) is 6.87. The van der Waals surface area contributed by atoms with Gasteiger partial charge >= 0.3 is 11.9 Å². The molecule has 1 heterocycles. The summed E-state index contributed by atoms with van der Waals surface area (Å²) in [5.41, 5.74) is 1.46. The van der Waals surface area contributed by atoms with Crippen molar-refractivity contribution in [2.45, 2.75) is 38.1 Å². The number of halogens is 1. The van der Waals surface area contributed by atoms with E-state index in [0.29, 0.717) is 17.1 Å². The summed E-state index contributed by atoms with van der Waals surface area (Å²) in [5.74, 6) is -2.71. The van der Waals surface area contributed by atoms with E-state index in [1.165, 1.54) is 7.11 Å². The number of rotatable bonds is 10. The van der Waals surface area contributed by atoms with Crippen LogP contribution in [0.5, 0.6) is 0 Å². The monoisotopic (exact) mass is 512 g/mol. The molecule has 0 saturated carbocycles. The van der Waals surface area contributed by atoms with Crippen molar-refractivity contribution in [3.8, 4) is 0 Å². The number of fused-ring (bicyclic) bond motifs is 2. The SMILES string of the molecule is CCOC(=O)C(CCOC)(CC(=O)O)[C@@H]1c2ccccc2CC1NC(=O)c1cc2cc(Cl)ccc2[nH]1. The number of hydrogen-bond acceptors (Lipinski definition) is 5. The zero-order valence-corrected chi connectivity index (χ0v) is 20.9. The lowest BCUT2D eigenvalue weighted by Gasteiger charge is -2.39. The van der Waals surface area contributed by atoms with Crippen LogP contribution in [0, 0.1) is 5.41 Å². The van der Waals surface area contributed by atoms with Crippen LogP contribution in [0.15, 0.2) is 48.5 Å². The van der Waals surface area contributed by atoms with Crippen LogP contribution in [0.3, 0.4) is 0 Å². The van der Waals surface area contributed by atoms with E-state index >= 15 is 0 Å². The van der Waals surface area contributed by atoms with E-state index in [9.17, 15) is 19.5 Å². The second-order valence-corrected chi connectivity index (χ2v) is 9.50. The number of esters is 1. The molecule has 190 valence electrons. The van der Waals surface area contributed by atoms with Crippen LogP contribution in [0.25, 0.3) is 10.9 Å². The van der Waals surface area contributed by atoms with Crippen molar-refractivity contribution in [1.82, 2.24) is 10.3 Å². The van der Waals surface area contributed by atoms with Crippen molar-refractivity contribution < 1.29 is 29.0 Å². The standard InChI is InChI=1S/C27H29ClN2O6/c1-3-36-26(34)27(10-11-35-2,15-23(31)32)24-19-7-5-4-6-16(19)13-21(24)30-25(33)22-14-17-12-18(28)8-9-20(17)29-22/h4-9,12,14,21,24,29H,3,10-11,13,15H2,1-2H3,(H,30,33)(H,31,32)/t21?,24-,27?/m1/s1. The zero-order chi connectivity index (χ0) is 25.9. The predicted octanol–water partition coefficient (Wildman–Crippen LogP) is 4.32. The Kier molecular flexibility index (Phi) is 7.66. The van der Waals surface area contributed by atoms with Gasteiger partial charge in [0.1, 0.15) is 5.69 Å². The van der Waals surface area contributed by atoms with E-state index in [1.54, 1.807) is 31.2 Å². The normalized spacial score (nSPS) is 18.4. The van der Waals surface area contributed by atoms with Gasteiger partial charge in [-0.05, 0) is 55.2 Å². The van der Waals surface area contributed by atoms with Gasteiger partial charge in [0.2, 0.25) is 0 Å². The first-order valence-electron chi connectivity index (χ1n) is 11.8. The number of nitrogens with one attached hydrogen (secondary N) is 2. The van der Waals surface area contributed by atoms with Gasteiger partial charge in [0.15, 0.2) is 0 Å². The molecule has 1 aliphatic rings. The first kappa shape index (κ1) is 25.7. The number of aromatic nitrogens is 1. The highest BCUT2D eigenvalue weighted by Crippen LogP contribution is 2.50. The number of aromatic amines is 1. The van der Waals surface area contributed by atoms with Gasteiger partial charge < -0.3 is 24.9 Å². The van der Waals surface area contributed by atoms with E-state index in [-0.39, 0.29) is 25.5 Å². The van der Waals surface area contributed by atoms with Crippen LogP contribution in [0.1, 0.15) is 47.3 Å². The molecule has 0 aliphatic heterocycles. The Balaban J connectivity index is 1.75. The highest BCUT2D eigenvalue weighted by atomic mass is 35.5. The smallest absolute Gasteiger partial charge is 0.313 e. The Morgan fingerprint density at radius 1 is 1.19 bits per heavy atom. The molecule has 1 aliphatic carbocycles. The predicted molar refractivity (Wildman–Crippen MR) is 135 cm³/mol. The molecule has 0 radical (unpaired) electrons. The molecule has 8 nitrogen and oxygen atoms in total. The molecule has 4 rings (SSSR count). The van der Waals surface area contributed by atoms with Gasteiger partial charge in [0.05, 0.1) is 18.4 Å². The number of benzene rings is 2. The molecule has 0 spiro atoms. The van der Waals surface area contributed by atoms with Crippen LogP contribution in [0.2, 0.25) is 5.02 Å². The fraction of sp³-hybridized carbons (Fsp3) is 0.370. The maximum atomic E-state index is 13.5. The molecule has 0 fully saturated rings. The molecular formula is C27H29ClN2O6. The van der Waals surface area contributed by atoms with Gasteiger partial charge in [-0.1, -0.05) is 35.9 Å². The minimum absolute atomic E-state index is 0.107. The number of carboxylic acid groups (broad SMARTS) is 1. The van der Waals surface area contributed by atoms with Crippen LogP contribution in [0.4, 0.5) is 0 Å². The highest BCUT2D eigenvalue weighted by Gasteiger charge is 2.54. The summed E-state index contributed by atoms with van der Waals surface area (Å²) in [7, 11) is 1.50. The number of hydrogen-bond donors (Lipinski definition) is 3. The van der Waals surface area contributed by atoms with E-state index in [0.717, 1.165) is 22.0 Å². The maximum Gasteiger partial charge on any atom is 0.313 e. The minimum Gasteiger partial charge on any atom is -0.481 e. The molecule has 2 unspecified atom stereocenters. The number of H-pyrrole nitrogens is 1. The summed E-state index contributed by atoms with van der Waals surface area (Å²) in [6.45, 7) is 1.95. The van der Waals surface area contributed by atoms with Gasteiger partial charge in [-0.3, -0.25) is 14.4 Å². The Hall–Kier alpha value is -3.36. The summed E-state index contributed by atoms with van der Waals surface area (Å²) in [4.78, 5) is 42.0. The third-order valence-corrected chi connectivity index (χ3v) is 7.11. The lowest BCUT2D eigenvalue weighted by Crippen LogP contribution is -2.50. The quantitative estimate of drug-likeness (QED) is 0.348. The second kappa shape index (κ2) is 10.7. The Labute approximate surface area is 213 Å². The number of aliphatic carboxylic acids is 1. The lowest BCUT2D eigenvalue weighted by atomic mass is 9.66. The first-order valence-corrected chi connectivity index (χ1v) is 12.2. The van der Waals surface area contributed by atoms with Crippen LogP contribution >= 0.6 is 11.6 Å². The molecule has 3 aromatic rings. The summed E-state index contributed by atoms with van der Waals surface area (Å²) in [6.07, 6.45) is 0.128. The molecular weight excluding hydrogens is 484 g/mol. The van der Waals surface area contributed by atoms with Crippen LogP contribution in [-0.2, 0) is 25.5 Å². The molecule has 3 atom stereocenters. The Morgan fingerprint density at radius 2 is 1.97 bits per heavy atom. The van der Waals surface area contributed by atoms with Crippen molar-refractivity contribution in [3.05, 3.63) is 70.4 Å². The summed E-state index contributed by atoms with van der Waals surface area (Å²) < 4.78 is 10.7. The van der Waals surface area contributed by atoms with E-state index in [4.69, 9.17) is 21.1 Å². The molecule has 1 aromatic heterocycles.